The van der Waals surface area contributed by atoms with E-state index in [0.717, 1.165) is 29.7 Å². The molecule has 0 N–H and O–H groups in total. The van der Waals surface area contributed by atoms with Gasteiger partial charge in [-0.25, -0.2) is 0 Å². The Hall–Kier alpha value is -2.66. The van der Waals surface area contributed by atoms with Crippen LogP contribution >= 0.6 is 0 Å². The molecule has 146 valence electrons. The minimum atomic E-state index is 0.114. The summed E-state index contributed by atoms with van der Waals surface area (Å²) >= 11 is 0. The molecule has 0 radical (unpaired) electrons. The van der Waals surface area contributed by atoms with E-state index in [1.165, 1.54) is 0 Å². The maximum Gasteiger partial charge on any atom is 0.230 e. The Bertz CT molecular complexity index is 827. The van der Waals surface area contributed by atoms with Crippen LogP contribution in [-0.2, 0) is 27.3 Å². The number of hydrogen-bond acceptors (Lipinski definition) is 3. The van der Waals surface area contributed by atoms with Gasteiger partial charge >= 0.3 is 0 Å². The second kappa shape index (κ2) is 8.57. The maximum atomic E-state index is 12.9. The fraction of sp³-hybridized carbons (Fsp3) is 0.391. The number of amides is 2. The molecule has 0 unspecified atom stereocenters. The van der Waals surface area contributed by atoms with Gasteiger partial charge in [0.1, 0.15) is 0 Å². The minimum Gasteiger partial charge on any atom is -0.378 e. The van der Waals surface area contributed by atoms with Crippen molar-refractivity contribution in [3.05, 3.63) is 65.7 Å². The van der Waals surface area contributed by atoms with Crippen LogP contribution in [0.5, 0.6) is 0 Å². The first-order chi connectivity index (χ1) is 13.7. The van der Waals surface area contributed by atoms with Gasteiger partial charge in [-0.05, 0) is 36.1 Å². The molecule has 2 amide bonds. The summed E-state index contributed by atoms with van der Waals surface area (Å²) in [6, 6.07) is 17.9. The largest absolute Gasteiger partial charge is 0.378 e. The van der Waals surface area contributed by atoms with Crippen LogP contribution in [-0.4, -0.2) is 43.0 Å². The van der Waals surface area contributed by atoms with Crippen LogP contribution in [0.3, 0.4) is 0 Å². The van der Waals surface area contributed by atoms with Crippen LogP contribution in [0.25, 0.3) is 0 Å². The minimum absolute atomic E-state index is 0.114. The van der Waals surface area contributed by atoms with E-state index in [-0.39, 0.29) is 17.7 Å². The Morgan fingerprint density at radius 2 is 1.68 bits per heavy atom. The summed E-state index contributed by atoms with van der Waals surface area (Å²) in [5.41, 5.74) is 2.91. The Kier molecular flexibility index (Phi) is 5.72. The van der Waals surface area contributed by atoms with E-state index >= 15 is 0 Å². The van der Waals surface area contributed by atoms with Gasteiger partial charge in [0.2, 0.25) is 11.8 Å². The van der Waals surface area contributed by atoms with E-state index in [0.29, 0.717) is 39.3 Å². The molecule has 0 bridgehead atoms. The summed E-state index contributed by atoms with van der Waals surface area (Å²) in [6.07, 6.45) is 2.29. The van der Waals surface area contributed by atoms with Crippen molar-refractivity contribution in [2.24, 2.45) is 5.92 Å². The topological polar surface area (TPSA) is 49.9 Å². The van der Waals surface area contributed by atoms with Crippen molar-refractivity contribution in [3.63, 3.8) is 0 Å². The molecule has 5 heteroatoms. The van der Waals surface area contributed by atoms with Crippen LogP contribution in [0, 0.1) is 5.92 Å². The Morgan fingerprint density at radius 1 is 0.964 bits per heavy atom. The van der Waals surface area contributed by atoms with Crippen molar-refractivity contribution in [1.82, 2.24) is 4.90 Å². The first kappa shape index (κ1) is 18.7. The van der Waals surface area contributed by atoms with Crippen molar-refractivity contribution < 1.29 is 14.3 Å². The summed E-state index contributed by atoms with van der Waals surface area (Å²) in [7, 11) is 0. The molecule has 1 heterocycles. The van der Waals surface area contributed by atoms with Crippen LogP contribution in [0.2, 0.25) is 0 Å². The molecule has 28 heavy (non-hydrogen) atoms. The molecule has 2 aromatic rings. The van der Waals surface area contributed by atoms with Gasteiger partial charge in [-0.2, -0.15) is 0 Å². The third-order valence-electron chi connectivity index (χ3n) is 5.32. The van der Waals surface area contributed by atoms with Crippen molar-refractivity contribution in [1.29, 1.82) is 0 Å². The van der Waals surface area contributed by atoms with Gasteiger partial charge in [0.15, 0.2) is 0 Å². The number of benzene rings is 2. The molecule has 0 aromatic heterocycles. The van der Waals surface area contributed by atoms with Crippen molar-refractivity contribution in [2.45, 2.75) is 25.8 Å². The molecule has 0 spiro atoms. The molecular weight excluding hydrogens is 352 g/mol. The van der Waals surface area contributed by atoms with E-state index in [2.05, 4.69) is 0 Å². The summed E-state index contributed by atoms with van der Waals surface area (Å²) < 4.78 is 5.32. The number of anilines is 1. The molecule has 1 aliphatic heterocycles. The van der Waals surface area contributed by atoms with E-state index < -0.39 is 0 Å². The summed E-state index contributed by atoms with van der Waals surface area (Å²) in [5, 5.41) is 0. The predicted molar refractivity (Wildman–Crippen MR) is 108 cm³/mol. The summed E-state index contributed by atoms with van der Waals surface area (Å²) in [5.74, 6) is 0.437. The van der Waals surface area contributed by atoms with Crippen molar-refractivity contribution >= 4 is 17.5 Å². The highest BCUT2D eigenvalue weighted by Gasteiger charge is 2.34. The molecule has 2 fully saturated rings. The van der Waals surface area contributed by atoms with E-state index in [4.69, 9.17) is 4.74 Å². The Morgan fingerprint density at radius 3 is 2.39 bits per heavy atom. The third-order valence-corrected chi connectivity index (χ3v) is 5.32. The van der Waals surface area contributed by atoms with Crippen molar-refractivity contribution in [3.8, 4) is 0 Å². The zero-order valence-corrected chi connectivity index (χ0v) is 16.0. The first-order valence-electron chi connectivity index (χ1n) is 10.0. The number of morpholine rings is 1. The van der Waals surface area contributed by atoms with Crippen molar-refractivity contribution in [2.75, 3.05) is 31.2 Å². The third kappa shape index (κ3) is 4.60. The molecule has 1 saturated carbocycles. The number of hydrogen-bond donors (Lipinski definition) is 0. The zero-order chi connectivity index (χ0) is 19.3. The highest BCUT2D eigenvalue weighted by atomic mass is 16.5. The quantitative estimate of drug-likeness (QED) is 0.776. The molecule has 0 atom stereocenters. The van der Waals surface area contributed by atoms with E-state index in [9.17, 15) is 9.59 Å². The lowest BCUT2D eigenvalue weighted by molar-refractivity contribution is -0.134. The smallest absolute Gasteiger partial charge is 0.230 e. The Labute approximate surface area is 165 Å². The van der Waals surface area contributed by atoms with Crippen LogP contribution < -0.4 is 4.90 Å². The zero-order valence-electron chi connectivity index (χ0n) is 16.0. The molecule has 5 nitrogen and oxygen atoms in total. The van der Waals surface area contributed by atoms with Gasteiger partial charge in [0.25, 0.3) is 0 Å². The van der Waals surface area contributed by atoms with E-state index in [1.54, 1.807) is 0 Å². The number of ether oxygens (including phenoxy) is 1. The number of nitrogens with zero attached hydrogens (tertiary/aromatic N) is 2. The monoisotopic (exact) mass is 378 g/mol. The Balaban J connectivity index is 1.52. The average Bonchev–Trinajstić information content (AvgIpc) is 3.58. The fourth-order valence-corrected chi connectivity index (χ4v) is 3.55. The predicted octanol–water partition coefficient (Wildman–Crippen LogP) is 3.03. The van der Waals surface area contributed by atoms with Gasteiger partial charge in [0, 0.05) is 24.7 Å². The molecule has 1 saturated heterocycles. The number of carbonyl (C=O) groups is 2. The average molecular weight is 378 g/mol. The lowest BCUT2D eigenvalue weighted by Gasteiger charge is -2.27. The van der Waals surface area contributed by atoms with Crippen LogP contribution in [0.4, 0.5) is 5.69 Å². The summed E-state index contributed by atoms with van der Waals surface area (Å²) in [4.78, 5) is 29.2. The lowest BCUT2D eigenvalue weighted by Crippen LogP contribution is -2.41. The molecular formula is C23H26N2O3. The highest BCUT2D eigenvalue weighted by molar-refractivity contribution is 5.96. The molecule has 2 aromatic carbocycles. The fourth-order valence-electron chi connectivity index (χ4n) is 3.55. The number of carbonyl (C=O) groups excluding carboxylic acids is 2. The second-order valence-electron chi connectivity index (χ2n) is 7.52. The molecule has 1 aliphatic carbocycles. The van der Waals surface area contributed by atoms with Gasteiger partial charge in [0.05, 0.1) is 26.2 Å². The van der Waals surface area contributed by atoms with Gasteiger partial charge < -0.3 is 14.5 Å². The van der Waals surface area contributed by atoms with Gasteiger partial charge in [-0.3, -0.25) is 9.59 Å². The maximum absolute atomic E-state index is 12.9. The highest BCUT2D eigenvalue weighted by Crippen LogP contribution is 2.33. The standard InChI is InChI=1S/C23H26N2O3/c26-22(24-11-13-28-14-12-24)16-19-7-4-8-21(15-19)25(23(27)20-9-10-20)17-18-5-2-1-3-6-18/h1-8,15,20H,9-14,16-17H2. The second-order valence-corrected chi connectivity index (χ2v) is 7.52. The number of rotatable bonds is 6. The van der Waals surface area contributed by atoms with Crippen LogP contribution in [0.15, 0.2) is 54.6 Å². The molecule has 2 aliphatic rings. The van der Waals surface area contributed by atoms with Gasteiger partial charge in [-0.1, -0.05) is 42.5 Å². The SMILES string of the molecule is O=C(Cc1cccc(N(Cc2ccccc2)C(=O)C2CC2)c1)N1CCOCC1. The lowest BCUT2D eigenvalue weighted by atomic mass is 10.1. The first-order valence-corrected chi connectivity index (χ1v) is 10.0. The normalized spacial score (nSPS) is 16.6. The van der Waals surface area contributed by atoms with E-state index in [1.807, 2.05) is 64.4 Å². The van der Waals surface area contributed by atoms with Crippen LogP contribution in [0.1, 0.15) is 24.0 Å². The molecule has 4 rings (SSSR count). The summed E-state index contributed by atoms with van der Waals surface area (Å²) in [6.45, 7) is 3.06. The van der Waals surface area contributed by atoms with Gasteiger partial charge in [-0.15, -0.1) is 0 Å².